The molecule has 1 aliphatic heterocycles. The number of aromatic nitrogens is 2. The van der Waals surface area contributed by atoms with Gasteiger partial charge in [0.05, 0.1) is 19.2 Å². The third-order valence-corrected chi connectivity index (χ3v) is 5.52. The first-order valence-corrected chi connectivity index (χ1v) is 10.4. The highest BCUT2D eigenvalue weighted by Crippen LogP contribution is 2.17. The number of hydrogen-bond acceptors (Lipinski definition) is 5. The van der Waals surface area contributed by atoms with Gasteiger partial charge in [-0.25, -0.2) is 0 Å². The van der Waals surface area contributed by atoms with Crippen molar-refractivity contribution in [1.29, 1.82) is 0 Å². The van der Waals surface area contributed by atoms with Gasteiger partial charge in [-0.05, 0) is 42.0 Å². The number of rotatable bonds is 5. The van der Waals surface area contributed by atoms with Crippen LogP contribution in [0.4, 0.5) is 5.82 Å². The monoisotopic (exact) mass is 438 g/mol. The molecule has 8 heteroatoms. The van der Waals surface area contributed by atoms with Crippen molar-refractivity contribution in [2.45, 2.75) is 6.42 Å². The van der Waals surface area contributed by atoms with Crippen molar-refractivity contribution >= 4 is 23.3 Å². The maximum atomic E-state index is 12.7. The number of anilines is 1. The minimum absolute atomic E-state index is 0.0877. The van der Waals surface area contributed by atoms with E-state index in [1.165, 1.54) is 10.7 Å². The molecule has 0 spiro atoms. The lowest BCUT2D eigenvalue weighted by atomic mass is 10.1. The second-order valence-corrected chi connectivity index (χ2v) is 7.75. The molecule has 0 bridgehead atoms. The zero-order valence-corrected chi connectivity index (χ0v) is 18.0. The summed E-state index contributed by atoms with van der Waals surface area (Å²) in [6, 6.07) is 17.8. The summed E-state index contributed by atoms with van der Waals surface area (Å²) < 4.78 is 6.58. The normalized spacial score (nSPS) is 13.9. The summed E-state index contributed by atoms with van der Waals surface area (Å²) in [4.78, 5) is 29.0. The molecule has 7 nitrogen and oxygen atoms in total. The number of nitrogens with zero attached hydrogens (tertiary/aromatic N) is 4. The molecule has 160 valence electrons. The van der Waals surface area contributed by atoms with E-state index in [9.17, 15) is 9.59 Å². The number of carbonyl (C=O) groups excluding carboxylic acids is 1. The van der Waals surface area contributed by atoms with Crippen LogP contribution in [-0.4, -0.2) is 53.9 Å². The molecule has 31 heavy (non-hydrogen) atoms. The molecular formula is C23H23ClN4O3. The van der Waals surface area contributed by atoms with E-state index in [2.05, 4.69) is 10.00 Å². The van der Waals surface area contributed by atoms with Crippen LogP contribution < -0.4 is 15.2 Å². The van der Waals surface area contributed by atoms with E-state index in [1.807, 2.05) is 29.2 Å². The zero-order chi connectivity index (χ0) is 21.8. The number of halogens is 1. The second-order valence-electron chi connectivity index (χ2n) is 7.32. The standard InChI is InChI=1S/C23H23ClN4O3/c1-31-20-7-2-4-17(14-20)15-23(30)27-12-10-26(11-13-27)21-8-9-22(29)28(25-21)19-6-3-5-18(24)16-19/h2-9,14,16H,10-13,15H2,1H3. The van der Waals surface area contributed by atoms with Gasteiger partial charge in [-0.3, -0.25) is 9.59 Å². The first kappa shape index (κ1) is 20.9. The number of amides is 1. The average molecular weight is 439 g/mol. The molecule has 2 aromatic carbocycles. The van der Waals surface area contributed by atoms with Crippen molar-refractivity contribution in [2.24, 2.45) is 0 Å². The van der Waals surface area contributed by atoms with E-state index < -0.39 is 0 Å². The van der Waals surface area contributed by atoms with Gasteiger partial charge >= 0.3 is 0 Å². The van der Waals surface area contributed by atoms with Crippen molar-refractivity contribution < 1.29 is 9.53 Å². The van der Waals surface area contributed by atoms with Gasteiger partial charge in [-0.15, -0.1) is 5.10 Å². The lowest BCUT2D eigenvalue weighted by Crippen LogP contribution is -2.49. The van der Waals surface area contributed by atoms with Gasteiger partial charge in [0.2, 0.25) is 5.91 Å². The number of piperazine rings is 1. The van der Waals surface area contributed by atoms with Crippen LogP contribution in [0.2, 0.25) is 5.02 Å². The molecule has 1 fully saturated rings. The molecule has 1 saturated heterocycles. The molecule has 0 N–H and O–H groups in total. The van der Waals surface area contributed by atoms with E-state index in [-0.39, 0.29) is 11.5 Å². The van der Waals surface area contributed by atoms with Crippen LogP contribution in [0.5, 0.6) is 5.75 Å². The molecule has 1 aliphatic rings. The third-order valence-electron chi connectivity index (χ3n) is 5.28. The summed E-state index contributed by atoms with van der Waals surface area (Å²) in [5.41, 5.74) is 1.33. The number of ether oxygens (including phenoxy) is 1. The fourth-order valence-corrected chi connectivity index (χ4v) is 3.80. The highest BCUT2D eigenvalue weighted by Gasteiger charge is 2.22. The molecular weight excluding hydrogens is 416 g/mol. The van der Waals surface area contributed by atoms with Gasteiger partial charge in [0.1, 0.15) is 11.6 Å². The highest BCUT2D eigenvalue weighted by atomic mass is 35.5. The van der Waals surface area contributed by atoms with Crippen LogP contribution in [0.1, 0.15) is 5.56 Å². The summed E-state index contributed by atoms with van der Waals surface area (Å²) in [5, 5.41) is 5.06. The number of methoxy groups -OCH3 is 1. The Morgan fingerprint density at radius 3 is 2.55 bits per heavy atom. The lowest BCUT2D eigenvalue weighted by molar-refractivity contribution is -0.130. The molecule has 0 aliphatic carbocycles. The highest BCUT2D eigenvalue weighted by molar-refractivity contribution is 6.30. The Labute approximate surface area is 185 Å². The van der Waals surface area contributed by atoms with E-state index >= 15 is 0 Å². The van der Waals surface area contributed by atoms with Crippen LogP contribution in [0.15, 0.2) is 65.5 Å². The van der Waals surface area contributed by atoms with Crippen molar-refractivity contribution in [3.05, 3.63) is 81.6 Å². The average Bonchev–Trinajstić information content (AvgIpc) is 2.79. The Morgan fingerprint density at radius 2 is 1.81 bits per heavy atom. The first-order valence-electron chi connectivity index (χ1n) is 10.1. The Morgan fingerprint density at radius 1 is 1.03 bits per heavy atom. The van der Waals surface area contributed by atoms with Crippen LogP contribution in [0.3, 0.4) is 0 Å². The quantitative estimate of drug-likeness (QED) is 0.612. The van der Waals surface area contributed by atoms with Crippen molar-refractivity contribution in [3.8, 4) is 11.4 Å². The minimum Gasteiger partial charge on any atom is -0.497 e. The fourth-order valence-electron chi connectivity index (χ4n) is 3.62. The van der Waals surface area contributed by atoms with E-state index in [4.69, 9.17) is 16.3 Å². The lowest BCUT2D eigenvalue weighted by Gasteiger charge is -2.35. The molecule has 0 atom stereocenters. The van der Waals surface area contributed by atoms with Crippen molar-refractivity contribution in [2.75, 3.05) is 38.2 Å². The largest absolute Gasteiger partial charge is 0.497 e. The second kappa shape index (κ2) is 9.22. The molecule has 3 aromatic rings. The fraction of sp³-hybridized carbons (Fsp3) is 0.261. The summed E-state index contributed by atoms with van der Waals surface area (Å²) in [6.45, 7) is 2.48. The predicted octanol–water partition coefficient (Wildman–Crippen LogP) is 2.79. The predicted molar refractivity (Wildman–Crippen MR) is 120 cm³/mol. The Hall–Kier alpha value is -3.32. The molecule has 1 aromatic heterocycles. The smallest absolute Gasteiger partial charge is 0.271 e. The Bertz CT molecular complexity index is 1140. The van der Waals surface area contributed by atoms with Crippen LogP contribution >= 0.6 is 11.6 Å². The van der Waals surface area contributed by atoms with Crippen molar-refractivity contribution in [1.82, 2.24) is 14.7 Å². The van der Waals surface area contributed by atoms with Crippen molar-refractivity contribution in [3.63, 3.8) is 0 Å². The Kier molecular flexibility index (Phi) is 6.23. The molecule has 2 heterocycles. The summed E-state index contributed by atoms with van der Waals surface area (Å²) in [6.07, 6.45) is 0.342. The van der Waals surface area contributed by atoms with Crippen LogP contribution in [0.25, 0.3) is 5.69 Å². The van der Waals surface area contributed by atoms with E-state index in [0.29, 0.717) is 49.1 Å². The number of carbonyl (C=O) groups is 1. The van der Waals surface area contributed by atoms with Gasteiger partial charge in [0, 0.05) is 37.3 Å². The zero-order valence-electron chi connectivity index (χ0n) is 17.2. The molecule has 0 saturated carbocycles. The van der Waals surface area contributed by atoms with Gasteiger partial charge in [-0.2, -0.15) is 4.68 Å². The number of hydrogen-bond donors (Lipinski definition) is 0. The summed E-state index contributed by atoms with van der Waals surface area (Å²) in [7, 11) is 1.61. The van der Waals surface area contributed by atoms with E-state index in [1.54, 1.807) is 37.4 Å². The first-order chi connectivity index (χ1) is 15.0. The van der Waals surface area contributed by atoms with Crippen LogP contribution in [-0.2, 0) is 11.2 Å². The van der Waals surface area contributed by atoms with Gasteiger partial charge in [0.25, 0.3) is 5.56 Å². The molecule has 1 amide bonds. The molecule has 0 unspecified atom stereocenters. The SMILES string of the molecule is COc1cccc(CC(=O)N2CCN(c3ccc(=O)n(-c4cccc(Cl)c4)n3)CC2)c1. The van der Waals surface area contributed by atoms with Crippen LogP contribution in [0, 0.1) is 0 Å². The minimum atomic E-state index is -0.224. The molecule has 4 rings (SSSR count). The summed E-state index contributed by atoms with van der Waals surface area (Å²) in [5.74, 6) is 1.53. The number of benzene rings is 2. The molecule has 0 radical (unpaired) electrons. The maximum Gasteiger partial charge on any atom is 0.271 e. The Balaban J connectivity index is 1.42. The maximum absolute atomic E-state index is 12.7. The summed E-state index contributed by atoms with van der Waals surface area (Å²) >= 11 is 6.06. The topological polar surface area (TPSA) is 67.7 Å². The third kappa shape index (κ3) is 4.88. The van der Waals surface area contributed by atoms with E-state index in [0.717, 1.165) is 11.3 Å². The van der Waals surface area contributed by atoms with Gasteiger partial charge < -0.3 is 14.5 Å². The van der Waals surface area contributed by atoms with Gasteiger partial charge in [-0.1, -0.05) is 29.8 Å². The van der Waals surface area contributed by atoms with Gasteiger partial charge in [0.15, 0.2) is 0 Å².